The highest BCUT2D eigenvalue weighted by Crippen LogP contribution is 1.91. The van der Waals surface area contributed by atoms with Gasteiger partial charge in [0.2, 0.25) is 0 Å². The van der Waals surface area contributed by atoms with Crippen molar-refractivity contribution in [1.82, 2.24) is 5.48 Å². The predicted molar refractivity (Wildman–Crippen MR) is 40.5 cm³/mol. The van der Waals surface area contributed by atoms with Gasteiger partial charge >= 0.3 is 0 Å². The van der Waals surface area contributed by atoms with Gasteiger partial charge in [0.15, 0.2) is 6.29 Å². The molecule has 1 atom stereocenters. The molecule has 0 aromatic heterocycles. The highest BCUT2D eigenvalue weighted by Gasteiger charge is 1.98. The summed E-state index contributed by atoms with van der Waals surface area (Å²) in [6.45, 7) is 7.48. The largest absolute Gasteiger partial charge is 0.351 e. The first-order valence-corrected chi connectivity index (χ1v) is 3.81. The third-order valence-corrected chi connectivity index (χ3v) is 0.950. The Hall–Kier alpha value is -0.120. The minimum absolute atomic E-state index is 0.139. The average Bonchev–Trinajstić information content (AvgIpc) is 1.97. The van der Waals surface area contributed by atoms with E-state index in [4.69, 9.17) is 9.57 Å². The molecule has 0 amide bonds. The van der Waals surface area contributed by atoms with Crippen LogP contribution in [0.1, 0.15) is 27.2 Å². The first-order chi connectivity index (χ1) is 4.81. The van der Waals surface area contributed by atoms with Crippen molar-refractivity contribution in [1.29, 1.82) is 0 Å². The summed E-state index contributed by atoms with van der Waals surface area (Å²) in [7, 11) is 0. The maximum absolute atomic E-state index is 5.21. The van der Waals surface area contributed by atoms with Crippen molar-refractivity contribution in [3.05, 3.63) is 0 Å². The van der Waals surface area contributed by atoms with E-state index in [1.165, 1.54) is 0 Å². The van der Waals surface area contributed by atoms with Crippen LogP contribution < -0.4 is 5.48 Å². The van der Waals surface area contributed by atoms with Crippen LogP contribution in [0, 0.1) is 0 Å². The van der Waals surface area contributed by atoms with E-state index in [2.05, 4.69) is 12.4 Å². The van der Waals surface area contributed by atoms with Gasteiger partial charge in [-0.1, -0.05) is 13.8 Å². The van der Waals surface area contributed by atoms with Gasteiger partial charge in [0, 0.05) is 13.2 Å². The van der Waals surface area contributed by atoms with Crippen LogP contribution in [0.15, 0.2) is 0 Å². The molecule has 0 saturated carbocycles. The van der Waals surface area contributed by atoms with Gasteiger partial charge in [-0.25, -0.2) is 0 Å². The number of hydrogen-bond acceptors (Lipinski definition) is 3. The summed E-state index contributed by atoms with van der Waals surface area (Å²) in [6, 6.07) is 0. The summed E-state index contributed by atoms with van der Waals surface area (Å²) >= 11 is 0. The minimum atomic E-state index is -0.139. The second-order valence-corrected chi connectivity index (χ2v) is 2.05. The van der Waals surface area contributed by atoms with Crippen LogP contribution in [0.25, 0.3) is 0 Å². The van der Waals surface area contributed by atoms with E-state index in [0.717, 1.165) is 19.6 Å². The van der Waals surface area contributed by atoms with Crippen molar-refractivity contribution in [3.8, 4) is 0 Å². The minimum Gasteiger partial charge on any atom is -0.351 e. The molecule has 0 spiro atoms. The Morgan fingerprint density at radius 2 is 2.10 bits per heavy atom. The smallest absolute Gasteiger partial charge is 0.174 e. The van der Waals surface area contributed by atoms with Crippen molar-refractivity contribution >= 4 is 0 Å². The van der Waals surface area contributed by atoms with Crippen molar-refractivity contribution < 1.29 is 9.57 Å². The Morgan fingerprint density at radius 1 is 1.40 bits per heavy atom. The first-order valence-electron chi connectivity index (χ1n) is 3.81. The highest BCUT2D eigenvalue weighted by atomic mass is 16.8. The van der Waals surface area contributed by atoms with Gasteiger partial charge in [0.25, 0.3) is 0 Å². The van der Waals surface area contributed by atoms with E-state index in [9.17, 15) is 0 Å². The van der Waals surface area contributed by atoms with Crippen molar-refractivity contribution in [3.63, 3.8) is 0 Å². The summed E-state index contributed by atoms with van der Waals surface area (Å²) < 4.78 is 5.21. The van der Waals surface area contributed by atoms with E-state index >= 15 is 0 Å². The van der Waals surface area contributed by atoms with Crippen LogP contribution >= 0.6 is 0 Å². The fourth-order valence-electron chi connectivity index (χ4n) is 0.519. The van der Waals surface area contributed by atoms with Crippen LogP contribution in [0.2, 0.25) is 0 Å². The van der Waals surface area contributed by atoms with Gasteiger partial charge in [0.05, 0.1) is 0 Å². The molecule has 1 unspecified atom stereocenters. The molecule has 3 heteroatoms. The lowest BCUT2D eigenvalue weighted by Gasteiger charge is -2.12. The van der Waals surface area contributed by atoms with Crippen LogP contribution in [0.4, 0.5) is 0 Å². The normalized spacial score (nSPS) is 13.5. The fourth-order valence-corrected chi connectivity index (χ4v) is 0.519. The van der Waals surface area contributed by atoms with Crippen molar-refractivity contribution in [2.24, 2.45) is 0 Å². The number of hydroxylamine groups is 1. The molecule has 0 rings (SSSR count). The number of hydrogen-bond donors (Lipinski definition) is 1. The molecule has 10 heavy (non-hydrogen) atoms. The Morgan fingerprint density at radius 3 is 2.60 bits per heavy atom. The summed E-state index contributed by atoms with van der Waals surface area (Å²) in [5.74, 6) is 0. The molecule has 62 valence electrons. The van der Waals surface area contributed by atoms with Gasteiger partial charge < -0.3 is 4.74 Å². The first kappa shape index (κ1) is 9.88. The van der Waals surface area contributed by atoms with Gasteiger partial charge in [-0.15, -0.1) is 0 Å². The molecule has 0 saturated heterocycles. The molecule has 0 aromatic carbocycles. The van der Waals surface area contributed by atoms with Crippen molar-refractivity contribution in [2.45, 2.75) is 33.5 Å². The van der Waals surface area contributed by atoms with Crippen LogP contribution in [0.3, 0.4) is 0 Å². The quantitative estimate of drug-likeness (QED) is 0.454. The Balaban J connectivity index is 3.00. The summed E-state index contributed by atoms with van der Waals surface area (Å²) in [4.78, 5) is 5.02. The number of rotatable bonds is 6. The monoisotopic (exact) mass is 147 g/mol. The molecule has 0 heterocycles. The Kier molecular flexibility index (Phi) is 6.91. The number of ether oxygens (including phenoxy) is 1. The maximum atomic E-state index is 5.21. The van der Waals surface area contributed by atoms with Crippen LogP contribution in [0.5, 0.6) is 0 Å². The second-order valence-electron chi connectivity index (χ2n) is 2.05. The van der Waals surface area contributed by atoms with Gasteiger partial charge in [-0.3, -0.25) is 4.84 Å². The van der Waals surface area contributed by atoms with Crippen molar-refractivity contribution in [2.75, 3.05) is 13.2 Å². The summed E-state index contributed by atoms with van der Waals surface area (Å²) in [5, 5.41) is 0. The van der Waals surface area contributed by atoms with E-state index in [0.29, 0.717) is 0 Å². The standard InChI is InChI=1S/C7H17NO2/c1-4-6-9-7(3)10-8-5-2/h7-8H,4-6H2,1-3H3. The zero-order chi connectivity index (χ0) is 7.82. The molecule has 0 bridgehead atoms. The van der Waals surface area contributed by atoms with E-state index in [-0.39, 0.29) is 6.29 Å². The lowest BCUT2D eigenvalue weighted by molar-refractivity contribution is -0.168. The van der Waals surface area contributed by atoms with E-state index in [1.54, 1.807) is 0 Å². The van der Waals surface area contributed by atoms with Crippen LogP contribution in [-0.2, 0) is 9.57 Å². The molecular formula is C7H17NO2. The SMILES string of the molecule is CCCOC(C)ONCC. The highest BCUT2D eigenvalue weighted by molar-refractivity contribution is 4.29. The fraction of sp³-hybridized carbons (Fsp3) is 1.00. The Bertz CT molecular complexity index is 60.6. The lowest BCUT2D eigenvalue weighted by Crippen LogP contribution is -2.23. The van der Waals surface area contributed by atoms with Gasteiger partial charge in [-0.2, -0.15) is 5.48 Å². The third kappa shape index (κ3) is 6.01. The number of nitrogens with one attached hydrogen (secondary N) is 1. The average molecular weight is 147 g/mol. The molecule has 3 nitrogen and oxygen atoms in total. The molecule has 0 aliphatic rings. The second kappa shape index (κ2) is 6.99. The molecule has 1 N–H and O–H groups in total. The van der Waals surface area contributed by atoms with E-state index in [1.807, 2.05) is 13.8 Å². The maximum Gasteiger partial charge on any atom is 0.174 e. The molecule has 0 aromatic rings. The third-order valence-electron chi connectivity index (χ3n) is 0.950. The zero-order valence-corrected chi connectivity index (χ0v) is 7.02. The molecule has 0 aliphatic heterocycles. The zero-order valence-electron chi connectivity index (χ0n) is 7.02. The van der Waals surface area contributed by atoms with Crippen LogP contribution in [-0.4, -0.2) is 19.4 Å². The predicted octanol–water partition coefficient (Wildman–Crippen LogP) is 1.30. The van der Waals surface area contributed by atoms with Gasteiger partial charge in [0.1, 0.15) is 0 Å². The van der Waals surface area contributed by atoms with Gasteiger partial charge in [-0.05, 0) is 13.3 Å². The molecule has 0 radical (unpaired) electrons. The molecular weight excluding hydrogens is 130 g/mol. The topological polar surface area (TPSA) is 30.5 Å². The summed E-state index contributed by atoms with van der Waals surface area (Å²) in [6.07, 6.45) is 0.889. The summed E-state index contributed by atoms with van der Waals surface area (Å²) in [5.41, 5.74) is 2.73. The molecule has 0 fully saturated rings. The molecule has 0 aliphatic carbocycles. The lowest BCUT2D eigenvalue weighted by atomic mass is 10.5. The van der Waals surface area contributed by atoms with E-state index < -0.39 is 0 Å². The Labute approximate surface area is 62.7 Å².